The SMILES string of the molecule is CN1C=CCN(O)C1. The van der Waals surface area contributed by atoms with Gasteiger partial charge in [0.05, 0.1) is 6.67 Å². The smallest absolute Gasteiger partial charge is 0.0939 e. The van der Waals surface area contributed by atoms with E-state index in [4.69, 9.17) is 5.21 Å². The first-order chi connectivity index (χ1) is 3.79. The van der Waals surface area contributed by atoms with E-state index in [9.17, 15) is 0 Å². The lowest BCUT2D eigenvalue weighted by molar-refractivity contribution is -0.110. The fourth-order valence-electron chi connectivity index (χ4n) is 0.711. The van der Waals surface area contributed by atoms with E-state index in [-0.39, 0.29) is 0 Å². The van der Waals surface area contributed by atoms with Crippen LogP contribution in [0.4, 0.5) is 0 Å². The third-order valence-corrected chi connectivity index (χ3v) is 1.06. The zero-order valence-electron chi connectivity index (χ0n) is 4.91. The predicted molar refractivity (Wildman–Crippen MR) is 30.3 cm³/mol. The van der Waals surface area contributed by atoms with Gasteiger partial charge in [0.2, 0.25) is 0 Å². The van der Waals surface area contributed by atoms with E-state index < -0.39 is 0 Å². The van der Waals surface area contributed by atoms with Crippen LogP contribution in [-0.4, -0.2) is 35.4 Å². The first kappa shape index (κ1) is 5.59. The van der Waals surface area contributed by atoms with Gasteiger partial charge in [-0.05, 0) is 6.20 Å². The molecule has 1 rings (SSSR count). The van der Waals surface area contributed by atoms with Crippen LogP contribution in [0, 0.1) is 0 Å². The zero-order valence-corrected chi connectivity index (χ0v) is 4.91. The number of hydrogen-bond acceptors (Lipinski definition) is 3. The molecule has 0 radical (unpaired) electrons. The Morgan fingerprint density at radius 2 is 2.38 bits per heavy atom. The Labute approximate surface area is 48.8 Å². The van der Waals surface area contributed by atoms with Crippen molar-refractivity contribution in [2.24, 2.45) is 0 Å². The van der Waals surface area contributed by atoms with Gasteiger partial charge in [0.1, 0.15) is 0 Å². The van der Waals surface area contributed by atoms with Crippen molar-refractivity contribution < 1.29 is 5.21 Å². The van der Waals surface area contributed by atoms with Crippen molar-refractivity contribution in [3.8, 4) is 0 Å². The lowest BCUT2D eigenvalue weighted by Gasteiger charge is -2.24. The Kier molecular flexibility index (Phi) is 1.50. The molecule has 0 unspecified atom stereocenters. The zero-order chi connectivity index (χ0) is 5.98. The van der Waals surface area contributed by atoms with Crippen LogP contribution in [0.5, 0.6) is 0 Å². The molecule has 0 aromatic heterocycles. The van der Waals surface area contributed by atoms with Gasteiger partial charge in [0.25, 0.3) is 0 Å². The molecular formula is C5H10N2O. The van der Waals surface area contributed by atoms with E-state index in [2.05, 4.69) is 0 Å². The highest BCUT2D eigenvalue weighted by Crippen LogP contribution is 1.95. The Hall–Kier alpha value is -0.540. The average Bonchev–Trinajstić information content (AvgIpc) is 1.64. The molecule has 3 nitrogen and oxygen atoms in total. The van der Waals surface area contributed by atoms with Crippen molar-refractivity contribution in [3.05, 3.63) is 12.3 Å². The Morgan fingerprint density at radius 1 is 1.62 bits per heavy atom. The first-order valence-electron chi connectivity index (χ1n) is 2.60. The van der Waals surface area contributed by atoms with Crippen molar-refractivity contribution in [3.63, 3.8) is 0 Å². The van der Waals surface area contributed by atoms with Gasteiger partial charge >= 0.3 is 0 Å². The van der Waals surface area contributed by atoms with Crippen molar-refractivity contribution in [2.45, 2.75) is 0 Å². The monoisotopic (exact) mass is 114 g/mol. The average molecular weight is 114 g/mol. The number of hydrogen-bond donors (Lipinski definition) is 1. The molecule has 3 heteroatoms. The topological polar surface area (TPSA) is 26.7 Å². The third-order valence-electron chi connectivity index (χ3n) is 1.06. The minimum absolute atomic E-state index is 0.608. The van der Waals surface area contributed by atoms with Gasteiger partial charge in [-0.1, -0.05) is 6.08 Å². The highest BCUT2D eigenvalue weighted by molar-refractivity contribution is 4.85. The van der Waals surface area contributed by atoms with Crippen LogP contribution >= 0.6 is 0 Å². The van der Waals surface area contributed by atoms with Crippen LogP contribution in [-0.2, 0) is 0 Å². The van der Waals surface area contributed by atoms with Crippen LogP contribution in [0.2, 0.25) is 0 Å². The van der Waals surface area contributed by atoms with Crippen LogP contribution in [0.1, 0.15) is 0 Å². The lowest BCUT2D eigenvalue weighted by Crippen LogP contribution is -2.33. The lowest BCUT2D eigenvalue weighted by atomic mass is 10.5. The quantitative estimate of drug-likeness (QED) is 0.483. The maximum Gasteiger partial charge on any atom is 0.0939 e. The molecule has 0 spiro atoms. The molecule has 0 aliphatic carbocycles. The molecule has 1 heterocycles. The second kappa shape index (κ2) is 2.15. The van der Waals surface area contributed by atoms with Crippen molar-refractivity contribution in [1.82, 2.24) is 9.96 Å². The fraction of sp³-hybridized carbons (Fsp3) is 0.600. The van der Waals surface area contributed by atoms with Crippen molar-refractivity contribution in [1.29, 1.82) is 0 Å². The number of rotatable bonds is 0. The Balaban J connectivity index is 2.42. The second-order valence-electron chi connectivity index (χ2n) is 1.97. The molecule has 0 fully saturated rings. The molecule has 1 N–H and O–H groups in total. The summed E-state index contributed by atoms with van der Waals surface area (Å²) < 4.78 is 0. The number of nitrogens with zero attached hydrogens (tertiary/aromatic N) is 2. The normalized spacial score (nSPS) is 22.0. The molecular weight excluding hydrogens is 104 g/mol. The standard InChI is InChI=1S/C5H10N2O/c1-6-3-2-4-7(8)5-6/h2-3,8H,4-5H2,1H3. The maximum absolute atomic E-state index is 8.82. The van der Waals surface area contributed by atoms with Crippen LogP contribution < -0.4 is 0 Å². The Bertz CT molecular complexity index is 103. The van der Waals surface area contributed by atoms with Gasteiger partial charge < -0.3 is 10.1 Å². The van der Waals surface area contributed by atoms with Crippen molar-refractivity contribution >= 4 is 0 Å². The summed E-state index contributed by atoms with van der Waals surface area (Å²) in [7, 11) is 1.92. The molecule has 8 heavy (non-hydrogen) atoms. The molecule has 0 saturated heterocycles. The first-order valence-corrected chi connectivity index (χ1v) is 2.60. The minimum atomic E-state index is 0.608. The van der Waals surface area contributed by atoms with E-state index in [0.717, 1.165) is 0 Å². The summed E-state index contributed by atoms with van der Waals surface area (Å²) >= 11 is 0. The maximum atomic E-state index is 8.82. The molecule has 0 bridgehead atoms. The summed E-state index contributed by atoms with van der Waals surface area (Å²) in [5.74, 6) is 0. The predicted octanol–water partition coefficient (Wildman–Crippen LogP) is 0.0942. The fourth-order valence-corrected chi connectivity index (χ4v) is 0.711. The van der Waals surface area contributed by atoms with Gasteiger partial charge in [0.15, 0.2) is 0 Å². The highest BCUT2D eigenvalue weighted by Gasteiger charge is 2.03. The molecule has 0 amide bonds. The van der Waals surface area contributed by atoms with E-state index in [1.165, 1.54) is 5.06 Å². The third kappa shape index (κ3) is 1.21. The highest BCUT2D eigenvalue weighted by atomic mass is 16.5. The Morgan fingerprint density at radius 3 is 2.75 bits per heavy atom. The molecule has 1 aliphatic rings. The molecule has 0 aromatic carbocycles. The molecule has 0 aromatic rings. The van der Waals surface area contributed by atoms with Crippen molar-refractivity contribution in [2.75, 3.05) is 20.3 Å². The molecule has 1 aliphatic heterocycles. The van der Waals surface area contributed by atoms with Gasteiger partial charge in [-0.25, -0.2) is 0 Å². The van der Waals surface area contributed by atoms with Gasteiger partial charge in [-0.3, -0.25) is 0 Å². The summed E-state index contributed by atoms with van der Waals surface area (Å²) in [5, 5.41) is 10.1. The van der Waals surface area contributed by atoms with E-state index in [1.807, 2.05) is 24.2 Å². The second-order valence-corrected chi connectivity index (χ2v) is 1.97. The van der Waals surface area contributed by atoms with Gasteiger partial charge in [-0.15, -0.1) is 0 Å². The van der Waals surface area contributed by atoms with Crippen LogP contribution in [0.3, 0.4) is 0 Å². The van der Waals surface area contributed by atoms with Crippen LogP contribution in [0.15, 0.2) is 12.3 Å². The molecule has 0 atom stereocenters. The molecule has 0 saturated carbocycles. The summed E-state index contributed by atoms with van der Waals surface area (Å²) in [4.78, 5) is 1.91. The summed E-state index contributed by atoms with van der Waals surface area (Å²) in [6.07, 6.45) is 3.86. The summed E-state index contributed by atoms with van der Waals surface area (Å²) in [5.41, 5.74) is 0. The largest absolute Gasteiger partial charge is 0.366 e. The summed E-state index contributed by atoms with van der Waals surface area (Å²) in [6.45, 7) is 1.25. The van der Waals surface area contributed by atoms with E-state index in [1.54, 1.807) is 0 Å². The summed E-state index contributed by atoms with van der Waals surface area (Å²) in [6, 6.07) is 0. The van der Waals surface area contributed by atoms with E-state index in [0.29, 0.717) is 13.2 Å². The van der Waals surface area contributed by atoms with Gasteiger partial charge in [-0.2, -0.15) is 5.06 Å². The molecule has 46 valence electrons. The number of hydroxylamine groups is 2. The van der Waals surface area contributed by atoms with Crippen LogP contribution in [0.25, 0.3) is 0 Å². The van der Waals surface area contributed by atoms with E-state index >= 15 is 0 Å². The van der Waals surface area contributed by atoms with Gasteiger partial charge in [0, 0.05) is 13.6 Å². The minimum Gasteiger partial charge on any atom is -0.366 e.